The summed E-state index contributed by atoms with van der Waals surface area (Å²) < 4.78 is 10.2. The molecule has 1 aromatic rings. The van der Waals surface area contributed by atoms with Crippen molar-refractivity contribution in [3.63, 3.8) is 0 Å². The summed E-state index contributed by atoms with van der Waals surface area (Å²) in [5.41, 5.74) is 6.18. The monoisotopic (exact) mass is 342 g/mol. The van der Waals surface area contributed by atoms with Crippen molar-refractivity contribution in [2.75, 3.05) is 12.8 Å². The molecule has 0 aliphatic carbocycles. The Hall–Kier alpha value is -2.01. The van der Waals surface area contributed by atoms with Crippen molar-refractivity contribution in [1.82, 2.24) is 4.90 Å². The van der Waals surface area contributed by atoms with Crippen LogP contribution in [0.15, 0.2) is 18.2 Å². The number of nitrogens with zero attached hydrogens (tertiary/aromatic N) is 1. The summed E-state index contributed by atoms with van der Waals surface area (Å²) in [5.74, 6) is -0.644. The van der Waals surface area contributed by atoms with E-state index in [4.69, 9.17) is 15.0 Å². The number of carbonyl (C=O) groups is 2. The lowest BCUT2D eigenvalue weighted by atomic mass is 10.0. The third-order valence-corrected chi connectivity index (χ3v) is 3.32. The molecule has 0 saturated heterocycles. The predicted molar refractivity (Wildman–Crippen MR) is 90.3 cm³/mol. The van der Waals surface area contributed by atoms with Crippen LogP contribution in [0, 0.1) is 0 Å². The van der Waals surface area contributed by atoms with Crippen molar-refractivity contribution < 1.29 is 24.0 Å². The van der Waals surface area contributed by atoms with Gasteiger partial charge in [-0.15, -0.1) is 0 Å². The first-order valence-corrected chi connectivity index (χ1v) is 7.46. The molecule has 0 radical (unpaired) electrons. The number of likely N-dealkylation sites (N-methyl/N-ethyl adjacent to an activating group) is 1. The van der Waals surface area contributed by atoms with Gasteiger partial charge in [0.15, 0.2) is 0 Å². The number of aliphatic carboxylic acids is 1. The van der Waals surface area contributed by atoms with Crippen LogP contribution in [0.2, 0.25) is 0 Å². The fourth-order valence-electron chi connectivity index (χ4n) is 1.91. The van der Waals surface area contributed by atoms with Crippen LogP contribution in [-0.4, -0.2) is 40.8 Å². The summed E-state index contributed by atoms with van der Waals surface area (Å²) in [6, 6.07) is 3.91. The number of hydrogen-bond donors (Lipinski definition) is 2. The molecule has 0 saturated carbocycles. The maximum atomic E-state index is 12.1. The smallest absolute Gasteiger partial charge is 0.410 e. The summed E-state index contributed by atoms with van der Waals surface area (Å²) in [4.78, 5) is 24.6. The lowest BCUT2D eigenvalue weighted by Crippen LogP contribution is -2.46. The third-order valence-electron chi connectivity index (χ3n) is 3.06. The van der Waals surface area contributed by atoms with Crippen LogP contribution in [0.5, 0.6) is 5.75 Å². The average molecular weight is 342 g/mol. The molecule has 0 fully saturated rings. The molecule has 7 nitrogen and oxygen atoms in total. The minimum atomic E-state index is -1.12. The van der Waals surface area contributed by atoms with Crippen LogP contribution >= 0.6 is 9.47 Å². The van der Waals surface area contributed by atoms with Crippen LogP contribution < -0.4 is 10.3 Å². The molecule has 0 bridgehead atoms. The van der Waals surface area contributed by atoms with Crippen molar-refractivity contribution in [2.24, 2.45) is 0 Å². The van der Waals surface area contributed by atoms with E-state index in [9.17, 15) is 14.7 Å². The van der Waals surface area contributed by atoms with Crippen molar-refractivity contribution in [2.45, 2.75) is 38.8 Å². The van der Waals surface area contributed by atoms with Gasteiger partial charge in [0, 0.05) is 13.5 Å². The van der Waals surface area contributed by atoms with Crippen LogP contribution in [0.3, 0.4) is 0 Å². The lowest BCUT2D eigenvalue weighted by molar-refractivity contribution is -0.142. The molecule has 0 heterocycles. The number of carbonyl (C=O) groups excluding carboxylic acids is 1. The second kappa shape index (κ2) is 7.51. The van der Waals surface area contributed by atoms with Gasteiger partial charge in [0.25, 0.3) is 0 Å². The quantitative estimate of drug-likeness (QED) is 0.629. The first-order chi connectivity index (χ1) is 10.5. The number of hydrogen-bond acceptors (Lipinski definition) is 5. The molecule has 0 aromatic heterocycles. The van der Waals surface area contributed by atoms with Gasteiger partial charge in [0.1, 0.15) is 17.4 Å². The Morgan fingerprint density at radius 1 is 1.39 bits per heavy atom. The average Bonchev–Trinajstić information content (AvgIpc) is 2.42. The number of anilines is 1. The van der Waals surface area contributed by atoms with E-state index in [0.29, 0.717) is 17.0 Å². The number of amides is 1. The molecule has 8 heteroatoms. The zero-order chi connectivity index (χ0) is 17.8. The minimum absolute atomic E-state index is 0.104. The SMILES string of the molecule is CN(C(=O)OC(C)(C)C)[C@H](Cc1ccc(OP)c(N)c1)C(=O)O. The van der Waals surface area contributed by atoms with Gasteiger partial charge in [-0.3, -0.25) is 4.90 Å². The van der Waals surface area contributed by atoms with E-state index < -0.39 is 23.7 Å². The normalized spacial score (nSPS) is 12.4. The van der Waals surface area contributed by atoms with E-state index in [0.717, 1.165) is 4.90 Å². The van der Waals surface area contributed by atoms with E-state index in [1.807, 2.05) is 0 Å². The van der Waals surface area contributed by atoms with E-state index in [1.54, 1.807) is 39.0 Å². The first-order valence-electron chi connectivity index (χ1n) is 6.99. The molecule has 0 spiro atoms. The molecule has 1 unspecified atom stereocenters. The Kier molecular flexibility index (Phi) is 6.21. The van der Waals surface area contributed by atoms with Gasteiger partial charge in [-0.2, -0.15) is 0 Å². The highest BCUT2D eigenvalue weighted by molar-refractivity contribution is 7.10. The van der Waals surface area contributed by atoms with Crippen molar-refractivity contribution in [3.05, 3.63) is 23.8 Å². The highest BCUT2D eigenvalue weighted by atomic mass is 31.0. The van der Waals surface area contributed by atoms with Gasteiger partial charge in [-0.1, -0.05) is 6.07 Å². The standard InChI is InChI=1S/C15H23N2O5P/c1-15(2,3)21-14(20)17(4)11(13(18)19)8-9-5-6-12(22-23)10(16)7-9/h5-7,11H,8,16,23H2,1-4H3,(H,18,19)/t11-/m1/s1. The molecule has 0 aliphatic heterocycles. The summed E-state index contributed by atoms with van der Waals surface area (Å²) >= 11 is 0. The summed E-state index contributed by atoms with van der Waals surface area (Å²) in [5, 5.41) is 9.41. The molecule has 128 valence electrons. The molecule has 3 N–H and O–H groups in total. The van der Waals surface area contributed by atoms with Crippen LogP contribution in [-0.2, 0) is 16.0 Å². The minimum Gasteiger partial charge on any atom is -0.480 e. The number of ether oxygens (including phenoxy) is 1. The van der Waals surface area contributed by atoms with E-state index in [-0.39, 0.29) is 6.42 Å². The van der Waals surface area contributed by atoms with E-state index in [1.165, 1.54) is 7.05 Å². The number of carboxylic acids is 1. The number of carboxylic acid groups (broad SMARTS) is 1. The number of nitrogens with two attached hydrogens (primary N) is 1. The molecular formula is C15H23N2O5P. The summed E-state index contributed by atoms with van der Waals surface area (Å²) in [6.07, 6.45) is -0.588. The number of nitrogen functional groups attached to an aromatic ring is 1. The number of benzene rings is 1. The highest BCUT2D eigenvalue weighted by Gasteiger charge is 2.30. The second-order valence-electron chi connectivity index (χ2n) is 6.14. The summed E-state index contributed by atoms with van der Waals surface area (Å²) in [7, 11) is 3.49. The van der Waals surface area contributed by atoms with Crippen molar-refractivity contribution in [3.8, 4) is 5.75 Å². The predicted octanol–water partition coefficient (Wildman–Crippen LogP) is 2.30. The fourth-order valence-corrected chi connectivity index (χ4v) is 2.12. The molecule has 23 heavy (non-hydrogen) atoms. The Morgan fingerprint density at radius 2 is 2.00 bits per heavy atom. The molecular weight excluding hydrogens is 319 g/mol. The van der Waals surface area contributed by atoms with Gasteiger partial charge in [-0.05, 0) is 38.5 Å². The van der Waals surface area contributed by atoms with Crippen molar-refractivity contribution >= 4 is 27.2 Å². The maximum Gasteiger partial charge on any atom is 0.410 e. The van der Waals surface area contributed by atoms with Gasteiger partial charge in [0.2, 0.25) is 0 Å². The Morgan fingerprint density at radius 3 is 2.43 bits per heavy atom. The summed E-state index contributed by atoms with van der Waals surface area (Å²) in [6.45, 7) is 5.16. The number of rotatable bonds is 5. The largest absolute Gasteiger partial charge is 0.480 e. The van der Waals surface area contributed by atoms with Gasteiger partial charge in [0.05, 0.1) is 15.2 Å². The third kappa shape index (κ3) is 5.60. The van der Waals surface area contributed by atoms with Gasteiger partial charge < -0.3 is 20.1 Å². The fraction of sp³-hybridized carbons (Fsp3) is 0.467. The van der Waals surface area contributed by atoms with Gasteiger partial charge in [-0.25, -0.2) is 9.59 Å². The first kappa shape index (κ1) is 19.0. The second-order valence-corrected chi connectivity index (χ2v) is 6.38. The zero-order valence-electron chi connectivity index (χ0n) is 13.7. The molecule has 1 amide bonds. The van der Waals surface area contributed by atoms with Crippen LogP contribution in [0.25, 0.3) is 0 Å². The maximum absolute atomic E-state index is 12.1. The molecule has 2 atom stereocenters. The molecule has 1 aromatic carbocycles. The zero-order valence-corrected chi connectivity index (χ0v) is 14.9. The van der Waals surface area contributed by atoms with E-state index >= 15 is 0 Å². The van der Waals surface area contributed by atoms with Crippen LogP contribution in [0.1, 0.15) is 26.3 Å². The Labute approximate surface area is 138 Å². The Balaban J connectivity index is 2.93. The van der Waals surface area contributed by atoms with E-state index in [2.05, 4.69) is 9.47 Å². The topological polar surface area (TPSA) is 102 Å². The lowest BCUT2D eigenvalue weighted by Gasteiger charge is -2.28. The van der Waals surface area contributed by atoms with Gasteiger partial charge >= 0.3 is 12.1 Å². The molecule has 0 aliphatic rings. The van der Waals surface area contributed by atoms with Crippen molar-refractivity contribution in [1.29, 1.82) is 0 Å². The highest BCUT2D eigenvalue weighted by Crippen LogP contribution is 2.25. The Bertz CT molecular complexity index is 586. The van der Waals surface area contributed by atoms with Crippen LogP contribution in [0.4, 0.5) is 10.5 Å². The molecule has 1 rings (SSSR count).